The number of carbonyl (C=O) groups is 1. The molecule has 0 aliphatic heterocycles. The van der Waals surface area contributed by atoms with Crippen LogP contribution in [-0.4, -0.2) is 17.3 Å². The largest absolute Gasteiger partial charge is 0.478 e. The van der Waals surface area contributed by atoms with E-state index >= 15 is 0 Å². The Morgan fingerprint density at radius 3 is 2.15 bits per heavy atom. The first-order chi connectivity index (χ1) is 12.0. The Bertz CT molecular complexity index is 853. The van der Waals surface area contributed by atoms with Crippen LogP contribution >= 0.6 is 34.8 Å². The summed E-state index contributed by atoms with van der Waals surface area (Å²) in [7, 11) is 0. The van der Waals surface area contributed by atoms with Crippen LogP contribution in [0.2, 0.25) is 15.1 Å². The van der Waals surface area contributed by atoms with Crippen molar-refractivity contribution in [3.05, 3.63) is 73.7 Å². The molecule has 0 bridgehead atoms. The Labute approximate surface area is 162 Å². The van der Waals surface area contributed by atoms with Crippen LogP contribution in [0.3, 0.4) is 0 Å². The van der Waals surface area contributed by atoms with E-state index in [4.69, 9.17) is 39.9 Å². The minimum atomic E-state index is -4.58. The van der Waals surface area contributed by atoms with Crippen LogP contribution in [0.5, 0.6) is 0 Å². The monoisotopic (exact) mass is 422 g/mol. The molecule has 2 aromatic carbocycles. The van der Waals surface area contributed by atoms with Gasteiger partial charge in [0.25, 0.3) is 0 Å². The van der Waals surface area contributed by atoms with E-state index in [2.05, 4.69) is 0 Å². The number of alkyl halides is 3. The fraction of sp³-hybridized carbons (Fsp3) is 0.167. The van der Waals surface area contributed by atoms with Gasteiger partial charge in [-0.25, -0.2) is 4.79 Å². The summed E-state index contributed by atoms with van der Waals surface area (Å²) in [6.45, 7) is 1.57. The number of aryl methyl sites for hydroxylation is 1. The summed E-state index contributed by atoms with van der Waals surface area (Å²) >= 11 is 17.5. The molecule has 0 radical (unpaired) electrons. The molecule has 1 atom stereocenters. The Kier molecular flexibility index (Phi) is 6.27. The fourth-order valence-electron chi connectivity index (χ4n) is 2.40. The topological polar surface area (TPSA) is 37.3 Å². The molecule has 26 heavy (non-hydrogen) atoms. The summed E-state index contributed by atoms with van der Waals surface area (Å²) in [4.78, 5) is 11.0. The lowest BCUT2D eigenvalue weighted by molar-refractivity contribution is -0.139. The van der Waals surface area contributed by atoms with Gasteiger partial charge >= 0.3 is 12.1 Å². The highest BCUT2D eigenvalue weighted by atomic mass is 35.5. The third-order valence-electron chi connectivity index (χ3n) is 3.68. The molecule has 1 N–H and O–H groups in total. The summed E-state index contributed by atoms with van der Waals surface area (Å²) in [5.74, 6) is -3.05. The smallest absolute Gasteiger partial charge is 0.399 e. The van der Waals surface area contributed by atoms with Crippen LogP contribution in [-0.2, 0) is 0 Å². The molecule has 138 valence electrons. The fourth-order valence-corrected chi connectivity index (χ4v) is 3.01. The number of aromatic carboxylic acids is 1. The molecule has 0 heterocycles. The molecule has 0 aromatic heterocycles. The van der Waals surface area contributed by atoms with E-state index in [-0.39, 0.29) is 26.2 Å². The number of hydrogen-bond acceptors (Lipinski definition) is 1. The molecular weight excluding hydrogens is 412 g/mol. The summed E-state index contributed by atoms with van der Waals surface area (Å²) in [6, 6.07) is 6.52. The lowest BCUT2D eigenvalue weighted by atomic mass is 9.96. The molecule has 0 fully saturated rings. The van der Waals surface area contributed by atoms with Crippen molar-refractivity contribution in [3.8, 4) is 0 Å². The molecule has 2 rings (SSSR count). The number of benzene rings is 2. The molecule has 0 saturated heterocycles. The van der Waals surface area contributed by atoms with Crippen molar-refractivity contribution in [1.82, 2.24) is 0 Å². The van der Waals surface area contributed by atoms with Crippen molar-refractivity contribution >= 4 is 46.8 Å². The average Bonchev–Trinajstić information content (AvgIpc) is 2.51. The van der Waals surface area contributed by atoms with Gasteiger partial charge in [0.05, 0.1) is 26.5 Å². The van der Waals surface area contributed by atoms with Crippen molar-refractivity contribution < 1.29 is 23.1 Å². The zero-order valence-electron chi connectivity index (χ0n) is 13.2. The quantitative estimate of drug-likeness (QED) is 0.537. The van der Waals surface area contributed by atoms with Crippen molar-refractivity contribution in [2.24, 2.45) is 0 Å². The molecular formula is C18H12Cl3F3O2. The second-order valence-electron chi connectivity index (χ2n) is 5.56. The third kappa shape index (κ3) is 4.72. The highest BCUT2D eigenvalue weighted by Gasteiger charge is 2.39. The van der Waals surface area contributed by atoms with Gasteiger partial charge in [-0.1, -0.05) is 59.1 Å². The second-order valence-corrected chi connectivity index (χ2v) is 6.75. The van der Waals surface area contributed by atoms with E-state index < -0.39 is 18.1 Å². The molecule has 8 heteroatoms. The molecule has 0 aliphatic rings. The first-order valence-electron chi connectivity index (χ1n) is 7.24. The maximum Gasteiger partial charge on any atom is 0.399 e. The molecule has 0 spiro atoms. The maximum atomic E-state index is 13.5. The number of halogens is 6. The van der Waals surface area contributed by atoms with Gasteiger partial charge in [0.15, 0.2) is 0 Å². The van der Waals surface area contributed by atoms with Crippen LogP contribution in [0.25, 0.3) is 6.08 Å². The minimum Gasteiger partial charge on any atom is -0.478 e. The lowest BCUT2D eigenvalue weighted by Crippen LogP contribution is -2.19. The summed E-state index contributed by atoms with van der Waals surface area (Å²) in [6.07, 6.45) is -2.34. The Morgan fingerprint density at radius 2 is 1.69 bits per heavy atom. The number of rotatable bonds is 4. The number of allylic oxidation sites excluding steroid dienone is 1. The van der Waals surface area contributed by atoms with Gasteiger partial charge in [-0.2, -0.15) is 13.2 Å². The SMILES string of the molecule is Cc1cc(C=C[C@@H](c2cc(Cl)c(Cl)c(Cl)c2)C(F)(F)F)ccc1C(=O)O. The van der Waals surface area contributed by atoms with Crippen molar-refractivity contribution in [2.45, 2.75) is 19.0 Å². The normalized spacial score (nSPS) is 13.2. The predicted octanol–water partition coefficient (Wildman–Crippen LogP) is 7.01. The second kappa shape index (κ2) is 7.91. The zero-order valence-corrected chi connectivity index (χ0v) is 15.5. The first-order valence-corrected chi connectivity index (χ1v) is 8.37. The Balaban J connectivity index is 2.42. The predicted molar refractivity (Wildman–Crippen MR) is 97.4 cm³/mol. The standard InChI is InChI=1S/C18H12Cl3F3O2/c1-9-6-10(2-4-12(9)17(25)26)3-5-13(18(22,23)24)11-7-14(19)16(21)15(20)8-11/h2-8,13H,1H3,(H,25,26)/t13-/m0/s1. The Morgan fingerprint density at radius 1 is 1.12 bits per heavy atom. The van der Waals surface area contributed by atoms with Crippen LogP contribution in [0.4, 0.5) is 13.2 Å². The first kappa shape index (κ1) is 20.6. The zero-order chi connectivity index (χ0) is 19.6. The molecule has 2 nitrogen and oxygen atoms in total. The molecule has 0 aliphatic carbocycles. The van der Waals surface area contributed by atoms with E-state index in [0.29, 0.717) is 11.1 Å². The maximum absolute atomic E-state index is 13.5. The van der Waals surface area contributed by atoms with Crippen LogP contribution in [0.1, 0.15) is 33.0 Å². The molecule has 2 aromatic rings. The van der Waals surface area contributed by atoms with Crippen LogP contribution in [0.15, 0.2) is 36.4 Å². The number of carboxylic acid groups (broad SMARTS) is 1. The van der Waals surface area contributed by atoms with Crippen LogP contribution in [0, 0.1) is 6.92 Å². The summed E-state index contributed by atoms with van der Waals surface area (Å²) in [5, 5.41) is 8.85. The van der Waals surface area contributed by atoms with E-state index in [0.717, 1.165) is 18.2 Å². The molecule has 0 unspecified atom stereocenters. The van der Waals surface area contributed by atoms with Gasteiger partial charge < -0.3 is 5.11 Å². The van der Waals surface area contributed by atoms with E-state index in [9.17, 15) is 18.0 Å². The van der Waals surface area contributed by atoms with Gasteiger partial charge in [0, 0.05) is 0 Å². The number of hydrogen-bond donors (Lipinski definition) is 1. The van der Waals surface area contributed by atoms with Crippen molar-refractivity contribution in [2.75, 3.05) is 0 Å². The number of carboxylic acids is 1. The summed E-state index contributed by atoms with van der Waals surface area (Å²) in [5.41, 5.74) is 0.825. The van der Waals surface area contributed by atoms with Crippen LogP contribution < -0.4 is 0 Å². The van der Waals surface area contributed by atoms with Gasteiger partial charge in [-0.3, -0.25) is 0 Å². The lowest BCUT2D eigenvalue weighted by Gasteiger charge is -2.18. The summed E-state index contributed by atoms with van der Waals surface area (Å²) < 4.78 is 40.4. The highest BCUT2D eigenvalue weighted by Crippen LogP contribution is 2.41. The minimum absolute atomic E-state index is 0.0122. The van der Waals surface area contributed by atoms with E-state index in [1.807, 2.05) is 0 Å². The molecule has 0 saturated carbocycles. The molecule has 0 amide bonds. The van der Waals surface area contributed by atoms with Gasteiger partial charge in [-0.05, 0) is 41.8 Å². The van der Waals surface area contributed by atoms with E-state index in [1.54, 1.807) is 6.92 Å². The highest BCUT2D eigenvalue weighted by molar-refractivity contribution is 6.48. The third-order valence-corrected chi connectivity index (χ3v) is 4.88. The van der Waals surface area contributed by atoms with Crippen molar-refractivity contribution in [3.63, 3.8) is 0 Å². The van der Waals surface area contributed by atoms with Crippen molar-refractivity contribution in [1.29, 1.82) is 0 Å². The van der Waals surface area contributed by atoms with Gasteiger partial charge in [-0.15, -0.1) is 0 Å². The van der Waals surface area contributed by atoms with Gasteiger partial charge in [0.2, 0.25) is 0 Å². The average molecular weight is 424 g/mol. The van der Waals surface area contributed by atoms with Gasteiger partial charge in [0.1, 0.15) is 0 Å². The van der Waals surface area contributed by atoms with E-state index in [1.165, 1.54) is 24.3 Å². The Hall–Kier alpha value is -1.69.